The summed E-state index contributed by atoms with van der Waals surface area (Å²) in [6.07, 6.45) is 6.47. The van der Waals surface area contributed by atoms with Crippen molar-refractivity contribution < 1.29 is 0 Å². The van der Waals surface area contributed by atoms with Crippen LogP contribution in [0.4, 0.5) is 0 Å². The highest BCUT2D eigenvalue weighted by Gasteiger charge is 2.19. The van der Waals surface area contributed by atoms with Crippen LogP contribution in [0.2, 0.25) is 5.02 Å². The van der Waals surface area contributed by atoms with Crippen molar-refractivity contribution in [3.63, 3.8) is 0 Å². The van der Waals surface area contributed by atoms with Crippen LogP contribution in [0, 0.1) is 0 Å². The molecule has 0 saturated heterocycles. The number of nitrogens with zero attached hydrogens (tertiary/aromatic N) is 1. The minimum absolute atomic E-state index is 0.248. The maximum absolute atomic E-state index is 5.97. The molecule has 0 aliphatic heterocycles. The minimum Gasteiger partial charge on any atom is -0.304 e. The van der Waals surface area contributed by atoms with Gasteiger partial charge in [-0.25, -0.2) is 0 Å². The van der Waals surface area contributed by atoms with Crippen LogP contribution in [0.1, 0.15) is 65.4 Å². The summed E-state index contributed by atoms with van der Waals surface area (Å²) in [6, 6.07) is 8.34. The second-order valence-electron chi connectivity index (χ2n) is 6.64. The Bertz CT molecular complexity index is 383. The number of rotatable bonds is 10. The van der Waals surface area contributed by atoms with Gasteiger partial charge in [0.05, 0.1) is 0 Å². The maximum atomic E-state index is 5.97. The van der Waals surface area contributed by atoms with Crippen LogP contribution >= 0.6 is 11.6 Å². The van der Waals surface area contributed by atoms with E-state index >= 15 is 0 Å². The molecule has 1 aromatic carbocycles. The second kappa shape index (κ2) is 9.48. The molecule has 120 valence electrons. The molecule has 1 aromatic rings. The van der Waals surface area contributed by atoms with Crippen LogP contribution in [-0.2, 0) is 5.41 Å². The van der Waals surface area contributed by atoms with Gasteiger partial charge < -0.3 is 4.90 Å². The first kappa shape index (κ1) is 18.5. The van der Waals surface area contributed by atoms with Gasteiger partial charge in [0.25, 0.3) is 0 Å². The Kier molecular flexibility index (Phi) is 8.36. The second-order valence-corrected chi connectivity index (χ2v) is 7.07. The number of benzene rings is 1. The van der Waals surface area contributed by atoms with E-state index in [1.54, 1.807) is 0 Å². The van der Waals surface area contributed by atoms with Gasteiger partial charge >= 0.3 is 0 Å². The highest BCUT2D eigenvalue weighted by atomic mass is 35.5. The molecule has 0 atom stereocenters. The molecule has 0 bridgehead atoms. The van der Waals surface area contributed by atoms with Crippen molar-refractivity contribution in [3.8, 4) is 0 Å². The SMILES string of the molecule is CCCN(CC)CCCCCC(C)(C)c1ccc(Cl)cc1. The molecule has 0 N–H and O–H groups in total. The molecule has 0 radical (unpaired) electrons. The van der Waals surface area contributed by atoms with Crippen LogP contribution < -0.4 is 0 Å². The lowest BCUT2D eigenvalue weighted by Gasteiger charge is -2.26. The summed E-state index contributed by atoms with van der Waals surface area (Å²) in [7, 11) is 0. The third-order valence-corrected chi connectivity index (χ3v) is 4.64. The van der Waals surface area contributed by atoms with Crippen LogP contribution in [0.5, 0.6) is 0 Å². The van der Waals surface area contributed by atoms with E-state index in [1.165, 1.54) is 57.3 Å². The quantitative estimate of drug-likeness (QED) is 0.486. The summed E-state index contributed by atoms with van der Waals surface area (Å²) in [5.41, 5.74) is 1.64. The van der Waals surface area contributed by atoms with E-state index in [4.69, 9.17) is 11.6 Å². The fourth-order valence-corrected chi connectivity index (χ4v) is 2.99. The molecular formula is C19H32ClN. The Morgan fingerprint density at radius 3 is 2.19 bits per heavy atom. The van der Waals surface area contributed by atoms with Crippen LogP contribution in [-0.4, -0.2) is 24.5 Å². The molecule has 0 aliphatic rings. The summed E-state index contributed by atoms with van der Waals surface area (Å²) in [4.78, 5) is 2.56. The first-order chi connectivity index (χ1) is 9.99. The highest BCUT2D eigenvalue weighted by molar-refractivity contribution is 6.30. The molecule has 0 fully saturated rings. The van der Waals surface area contributed by atoms with Crippen LogP contribution in [0.25, 0.3) is 0 Å². The van der Waals surface area contributed by atoms with Crippen molar-refractivity contribution in [1.29, 1.82) is 0 Å². The van der Waals surface area contributed by atoms with Crippen LogP contribution in [0.15, 0.2) is 24.3 Å². The average molecular weight is 310 g/mol. The molecule has 0 aliphatic carbocycles. The first-order valence-corrected chi connectivity index (χ1v) is 8.85. The predicted octanol–water partition coefficient (Wildman–Crippen LogP) is 5.91. The molecule has 0 heterocycles. The molecule has 0 aromatic heterocycles. The normalized spacial score (nSPS) is 12.1. The van der Waals surface area contributed by atoms with Gasteiger partial charge in [-0.05, 0) is 62.0 Å². The molecule has 1 rings (SSSR count). The highest BCUT2D eigenvalue weighted by Crippen LogP contribution is 2.30. The number of unbranched alkanes of at least 4 members (excludes halogenated alkanes) is 2. The van der Waals surface area contributed by atoms with Gasteiger partial charge in [0.1, 0.15) is 0 Å². The lowest BCUT2D eigenvalue weighted by atomic mass is 9.80. The van der Waals surface area contributed by atoms with E-state index < -0.39 is 0 Å². The standard InChI is InChI=1S/C19H32ClN/c1-5-15-21(6-2)16-9-7-8-14-19(3,4)17-10-12-18(20)13-11-17/h10-13H,5-9,14-16H2,1-4H3. The Balaban J connectivity index is 2.29. The smallest absolute Gasteiger partial charge is 0.0406 e. The summed E-state index contributed by atoms with van der Waals surface area (Å²) in [5, 5.41) is 0.824. The van der Waals surface area contributed by atoms with E-state index in [2.05, 4.69) is 44.7 Å². The van der Waals surface area contributed by atoms with E-state index in [1.807, 2.05) is 12.1 Å². The number of hydrogen-bond acceptors (Lipinski definition) is 1. The number of hydrogen-bond donors (Lipinski definition) is 0. The van der Waals surface area contributed by atoms with E-state index in [-0.39, 0.29) is 5.41 Å². The van der Waals surface area contributed by atoms with E-state index in [9.17, 15) is 0 Å². The summed E-state index contributed by atoms with van der Waals surface area (Å²) >= 11 is 5.97. The fraction of sp³-hybridized carbons (Fsp3) is 0.684. The van der Waals surface area contributed by atoms with Crippen molar-refractivity contribution in [2.75, 3.05) is 19.6 Å². The first-order valence-electron chi connectivity index (χ1n) is 8.48. The van der Waals surface area contributed by atoms with Crippen molar-refractivity contribution in [2.45, 2.75) is 65.2 Å². The van der Waals surface area contributed by atoms with Crippen molar-refractivity contribution in [2.24, 2.45) is 0 Å². The van der Waals surface area contributed by atoms with Gasteiger partial charge in [0.15, 0.2) is 0 Å². The third-order valence-electron chi connectivity index (χ3n) is 4.39. The predicted molar refractivity (Wildman–Crippen MR) is 95.4 cm³/mol. The van der Waals surface area contributed by atoms with Gasteiger partial charge in [-0.15, -0.1) is 0 Å². The Hall–Kier alpha value is -0.530. The van der Waals surface area contributed by atoms with Gasteiger partial charge in [-0.2, -0.15) is 0 Å². The van der Waals surface area contributed by atoms with Crippen LogP contribution in [0.3, 0.4) is 0 Å². The molecule has 2 heteroatoms. The molecule has 0 amide bonds. The van der Waals surface area contributed by atoms with Gasteiger partial charge in [-0.1, -0.05) is 64.3 Å². The summed E-state index contributed by atoms with van der Waals surface area (Å²) in [5.74, 6) is 0. The van der Waals surface area contributed by atoms with Crippen molar-refractivity contribution in [3.05, 3.63) is 34.9 Å². The molecule has 0 spiro atoms. The van der Waals surface area contributed by atoms with Crippen molar-refractivity contribution in [1.82, 2.24) is 4.90 Å². The summed E-state index contributed by atoms with van der Waals surface area (Å²) < 4.78 is 0. The topological polar surface area (TPSA) is 3.24 Å². The molecule has 0 unspecified atom stereocenters. The van der Waals surface area contributed by atoms with Crippen molar-refractivity contribution >= 4 is 11.6 Å². The Morgan fingerprint density at radius 1 is 0.952 bits per heavy atom. The van der Waals surface area contributed by atoms with E-state index in [0.717, 1.165) is 5.02 Å². The molecule has 0 saturated carbocycles. The lowest BCUT2D eigenvalue weighted by molar-refractivity contribution is 0.279. The third kappa shape index (κ3) is 6.84. The zero-order valence-electron chi connectivity index (χ0n) is 14.3. The zero-order valence-corrected chi connectivity index (χ0v) is 15.0. The van der Waals surface area contributed by atoms with E-state index in [0.29, 0.717) is 0 Å². The lowest BCUT2D eigenvalue weighted by Crippen LogP contribution is -2.25. The Morgan fingerprint density at radius 2 is 1.62 bits per heavy atom. The molecule has 1 nitrogen and oxygen atoms in total. The van der Waals surface area contributed by atoms with Gasteiger partial charge in [0, 0.05) is 5.02 Å². The molecule has 21 heavy (non-hydrogen) atoms. The summed E-state index contributed by atoms with van der Waals surface area (Å²) in [6.45, 7) is 12.9. The molecular weight excluding hydrogens is 278 g/mol. The minimum atomic E-state index is 0.248. The van der Waals surface area contributed by atoms with Gasteiger partial charge in [-0.3, -0.25) is 0 Å². The van der Waals surface area contributed by atoms with Gasteiger partial charge in [0.2, 0.25) is 0 Å². The fourth-order valence-electron chi connectivity index (χ4n) is 2.87. The average Bonchev–Trinajstić information content (AvgIpc) is 2.46. The number of halogens is 1. The zero-order chi connectivity index (χ0) is 15.7. The largest absolute Gasteiger partial charge is 0.304 e. The maximum Gasteiger partial charge on any atom is 0.0406 e. The monoisotopic (exact) mass is 309 g/mol. The Labute approximate surface area is 136 Å².